The Labute approximate surface area is 198 Å². The first-order valence-electron chi connectivity index (χ1n) is 12.1. The van der Waals surface area contributed by atoms with Gasteiger partial charge in [0.25, 0.3) is 0 Å². The van der Waals surface area contributed by atoms with Crippen LogP contribution in [0.15, 0.2) is 48.5 Å². The fourth-order valence-electron chi connectivity index (χ4n) is 5.88. The average Bonchev–Trinajstić information content (AvgIpc) is 3.56. The van der Waals surface area contributed by atoms with Gasteiger partial charge >= 0.3 is 12.1 Å². The summed E-state index contributed by atoms with van der Waals surface area (Å²) in [4.78, 5) is 37.3. The summed E-state index contributed by atoms with van der Waals surface area (Å²) < 4.78 is 5.69. The second-order valence-electron chi connectivity index (χ2n) is 9.76. The van der Waals surface area contributed by atoms with Crippen LogP contribution in [0.2, 0.25) is 0 Å². The lowest BCUT2D eigenvalue weighted by molar-refractivity contribution is -0.141. The highest BCUT2D eigenvalue weighted by molar-refractivity contribution is 5.90. The number of carboxylic acid groups (broad SMARTS) is 1. The summed E-state index contributed by atoms with van der Waals surface area (Å²) in [5.41, 5.74) is 3.60. The standard InChI is InChI=1S/C27H30N2O5/c30-24(31)17-11-12-18(15-17)28-25(32)27(13-5-6-14-27)29-26(33)34-16-23-21-9-3-1-7-19(21)20-8-2-4-10-22(20)23/h1-4,7-10,17-18,23H,5-6,11-16H2,(H,28,32)(H,29,33)(H,30,31)/t17-,18+/m0/s1. The van der Waals surface area contributed by atoms with Gasteiger partial charge in [-0.15, -0.1) is 0 Å². The Hall–Kier alpha value is -3.35. The molecular formula is C27H30N2O5. The molecule has 7 heteroatoms. The second kappa shape index (κ2) is 9.12. The van der Waals surface area contributed by atoms with Crippen LogP contribution in [0.5, 0.6) is 0 Å². The lowest BCUT2D eigenvalue weighted by Gasteiger charge is -2.30. The van der Waals surface area contributed by atoms with E-state index in [2.05, 4.69) is 34.9 Å². The molecule has 178 valence electrons. The van der Waals surface area contributed by atoms with Crippen molar-refractivity contribution in [2.24, 2.45) is 5.92 Å². The summed E-state index contributed by atoms with van der Waals surface area (Å²) in [6.07, 6.45) is 3.85. The van der Waals surface area contributed by atoms with Gasteiger partial charge in [0.1, 0.15) is 12.1 Å². The third kappa shape index (κ3) is 4.15. The van der Waals surface area contributed by atoms with Gasteiger partial charge in [0, 0.05) is 12.0 Å². The molecule has 0 aliphatic heterocycles. The number of carbonyl (C=O) groups is 3. The van der Waals surface area contributed by atoms with Gasteiger partial charge in [-0.2, -0.15) is 0 Å². The molecule has 3 N–H and O–H groups in total. The van der Waals surface area contributed by atoms with Crippen molar-refractivity contribution >= 4 is 18.0 Å². The highest BCUT2D eigenvalue weighted by atomic mass is 16.5. The second-order valence-corrected chi connectivity index (χ2v) is 9.76. The van der Waals surface area contributed by atoms with Gasteiger partial charge in [0.2, 0.25) is 5.91 Å². The minimum absolute atomic E-state index is 0.0436. The van der Waals surface area contributed by atoms with Crippen LogP contribution >= 0.6 is 0 Å². The lowest BCUT2D eigenvalue weighted by atomic mass is 9.95. The number of carbonyl (C=O) groups excluding carboxylic acids is 2. The Balaban J connectivity index is 1.23. The molecule has 0 aromatic heterocycles. The van der Waals surface area contributed by atoms with Crippen LogP contribution in [0, 0.1) is 5.92 Å². The van der Waals surface area contributed by atoms with E-state index in [1.807, 2.05) is 24.3 Å². The number of benzene rings is 2. The van der Waals surface area contributed by atoms with Crippen LogP contribution in [-0.2, 0) is 14.3 Å². The van der Waals surface area contributed by atoms with Gasteiger partial charge in [-0.25, -0.2) is 4.79 Å². The molecule has 34 heavy (non-hydrogen) atoms. The maximum atomic E-state index is 13.2. The fourth-order valence-corrected chi connectivity index (χ4v) is 5.88. The topological polar surface area (TPSA) is 105 Å². The molecule has 3 aliphatic rings. The smallest absolute Gasteiger partial charge is 0.408 e. The number of alkyl carbamates (subject to hydrolysis) is 1. The molecule has 2 aromatic carbocycles. The van der Waals surface area contributed by atoms with Crippen molar-refractivity contribution < 1.29 is 24.2 Å². The highest BCUT2D eigenvalue weighted by Crippen LogP contribution is 2.44. The average molecular weight is 463 g/mol. The monoisotopic (exact) mass is 462 g/mol. The summed E-state index contributed by atoms with van der Waals surface area (Å²) in [6.45, 7) is 0.195. The van der Waals surface area contributed by atoms with E-state index in [0.29, 0.717) is 32.1 Å². The highest BCUT2D eigenvalue weighted by Gasteiger charge is 2.44. The molecule has 3 aliphatic carbocycles. The van der Waals surface area contributed by atoms with Crippen LogP contribution in [0.4, 0.5) is 4.79 Å². The van der Waals surface area contributed by atoms with E-state index in [1.165, 1.54) is 0 Å². The summed E-state index contributed by atoms with van der Waals surface area (Å²) in [5.74, 6) is -1.50. The number of hydrogen-bond donors (Lipinski definition) is 3. The number of ether oxygens (including phenoxy) is 1. The molecule has 7 nitrogen and oxygen atoms in total. The molecule has 2 atom stereocenters. The van der Waals surface area contributed by atoms with Gasteiger partial charge in [-0.3, -0.25) is 9.59 Å². The van der Waals surface area contributed by atoms with Crippen molar-refractivity contribution in [3.8, 4) is 11.1 Å². The normalized spacial score (nSPS) is 22.6. The SMILES string of the molecule is O=C(NC1(C(=O)N[C@@H]2CC[C@H](C(=O)O)C2)CCCC1)OCC1c2ccccc2-c2ccccc21. The lowest BCUT2D eigenvalue weighted by Crippen LogP contribution is -2.58. The Morgan fingerprint density at radius 3 is 2.15 bits per heavy atom. The summed E-state index contributed by atoms with van der Waals surface area (Å²) >= 11 is 0. The van der Waals surface area contributed by atoms with E-state index >= 15 is 0 Å². The Bertz CT molecular complexity index is 1060. The molecule has 0 unspecified atom stereocenters. The molecule has 2 amide bonds. The van der Waals surface area contributed by atoms with E-state index in [0.717, 1.165) is 35.1 Å². The number of hydrogen-bond acceptors (Lipinski definition) is 4. The molecular weight excluding hydrogens is 432 g/mol. The summed E-state index contributed by atoms with van der Waals surface area (Å²) in [7, 11) is 0. The Kier molecular flexibility index (Phi) is 6.02. The molecule has 0 heterocycles. The largest absolute Gasteiger partial charge is 0.481 e. The molecule has 2 fully saturated rings. The number of fused-ring (bicyclic) bond motifs is 3. The maximum absolute atomic E-state index is 13.2. The van der Waals surface area contributed by atoms with Gasteiger partial charge in [0.05, 0.1) is 5.92 Å². The number of aliphatic carboxylic acids is 1. The molecule has 2 saturated carbocycles. The predicted molar refractivity (Wildman–Crippen MR) is 126 cm³/mol. The van der Waals surface area contributed by atoms with Crippen molar-refractivity contribution in [1.29, 1.82) is 0 Å². The Morgan fingerprint density at radius 2 is 1.56 bits per heavy atom. The van der Waals surface area contributed by atoms with Crippen LogP contribution in [0.25, 0.3) is 11.1 Å². The van der Waals surface area contributed by atoms with E-state index < -0.39 is 23.5 Å². The van der Waals surface area contributed by atoms with Crippen LogP contribution < -0.4 is 10.6 Å². The fraction of sp³-hybridized carbons (Fsp3) is 0.444. The molecule has 0 bridgehead atoms. The number of amides is 2. The van der Waals surface area contributed by atoms with E-state index in [9.17, 15) is 19.5 Å². The van der Waals surface area contributed by atoms with Crippen LogP contribution in [0.3, 0.4) is 0 Å². The van der Waals surface area contributed by atoms with Crippen molar-refractivity contribution in [2.45, 2.75) is 62.4 Å². The third-order valence-electron chi connectivity index (χ3n) is 7.69. The Morgan fingerprint density at radius 1 is 0.941 bits per heavy atom. The third-order valence-corrected chi connectivity index (χ3v) is 7.69. The first-order valence-corrected chi connectivity index (χ1v) is 12.1. The maximum Gasteiger partial charge on any atom is 0.408 e. The zero-order chi connectivity index (χ0) is 23.7. The predicted octanol–water partition coefficient (Wildman–Crippen LogP) is 4.21. The minimum atomic E-state index is -0.996. The molecule has 0 spiro atoms. The summed E-state index contributed by atoms with van der Waals surface area (Å²) in [6, 6.07) is 16.2. The number of nitrogens with one attached hydrogen (secondary N) is 2. The van der Waals surface area contributed by atoms with Gasteiger partial charge in [0.15, 0.2) is 0 Å². The zero-order valence-corrected chi connectivity index (χ0v) is 19.1. The van der Waals surface area contributed by atoms with Gasteiger partial charge in [-0.05, 0) is 54.4 Å². The van der Waals surface area contributed by atoms with Crippen molar-refractivity contribution in [1.82, 2.24) is 10.6 Å². The summed E-state index contributed by atoms with van der Waals surface area (Å²) in [5, 5.41) is 15.1. The van der Waals surface area contributed by atoms with Crippen LogP contribution in [0.1, 0.15) is 62.0 Å². The number of carboxylic acids is 1. The molecule has 0 radical (unpaired) electrons. The van der Waals surface area contributed by atoms with E-state index in [1.54, 1.807) is 0 Å². The van der Waals surface area contributed by atoms with Crippen molar-refractivity contribution in [3.63, 3.8) is 0 Å². The van der Waals surface area contributed by atoms with Gasteiger partial charge in [-0.1, -0.05) is 61.4 Å². The molecule has 2 aromatic rings. The minimum Gasteiger partial charge on any atom is -0.481 e. The number of rotatable bonds is 6. The first kappa shape index (κ1) is 22.4. The van der Waals surface area contributed by atoms with Crippen molar-refractivity contribution in [3.05, 3.63) is 59.7 Å². The zero-order valence-electron chi connectivity index (χ0n) is 19.1. The quantitative estimate of drug-likeness (QED) is 0.597. The molecule has 5 rings (SSSR count). The van der Waals surface area contributed by atoms with E-state index in [-0.39, 0.29) is 24.5 Å². The van der Waals surface area contributed by atoms with Crippen LogP contribution in [-0.4, -0.2) is 41.3 Å². The van der Waals surface area contributed by atoms with E-state index in [4.69, 9.17) is 4.74 Å². The first-order chi connectivity index (χ1) is 16.5. The van der Waals surface area contributed by atoms with Crippen molar-refractivity contribution in [2.75, 3.05) is 6.61 Å². The molecule has 0 saturated heterocycles. The van der Waals surface area contributed by atoms with Gasteiger partial charge < -0.3 is 20.5 Å².